The number of likely N-dealkylation sites (tertiary alicyclic amines) is 1. The minimum absolute atomic E-state index is 0.00732. The van der Waals surface area contributed by atoms with Crippen LogP contribution >= 0.6 is 0 Å². The van der Waals surface area contributed by atoms with E-state index in [1.165, 1.54) is 29.2 Å². The molecule has 1 aliphatic rings. The van der Waals surface area contributed by atoms with Crippen molar-refractivity contribution in [3.05, 3.63) is 71.0 Å². The zero-order chi connectivity index (χ0) is 22.5. The molecule has 7 nitrogen and oxygen atoms in total. The van der Waals surface area contributed by atoms with E-state index in [1.807, 2.05) is 0 Å². The van der Waals surface area contributed by atoms with Gasteiger partial charge in [0.05, 0.1) is 11.6 Å². The number of amides is 1. The van der Waals surface area contributed by atoms with Gasteiger partial charge in [0, 0.05) is 18.5 Å². The van der Waals surface area contributed by atoms with Gasteiger partial charge in [0.1, 0.15) is 17.3 Å². The lowest BCUT2D eigenvalue weighted by atomic mass is 9.95. The fourth-order valence-corrected chi connectivity index (χ4v) is 3.61. The predicted molar refractivity (Wildman–Crippen MR) is 110 cm³/mol. The van der Waals surface area contributed by atoms with Crippen LogP contribution in [0.4, 0.5) is 4.39 Å². The second-order valence-corrected chi connectivity index (χ2v) is 7.30. The van der Waals surface area contributed by atoms with Crippen LogP contribution in [0.1, 0.15) is 42.9 Å². The number of phenols is 1. The van der Waals surface area contributed by atoms with E-state index >= 15 is 0 Å². The van der Waals surface area contributed by atoms with Gasteiger partial charge in [-0.3, -0.25) is 14.4 Å². The Bertz CT molecular complexity index is 1010. The van der Waals surface area contributed by atoms with Crippen LogP contribution in [0.25, 0.3) is 5.76 Å². The van der Waals surface area contributed by atoms with Gasteiger partial charge >= 0.3 is 5.97 Å². The third-order valence-corrected chi connectivity index (χ3v) is 5.16. The normalized spacial score (nSPS) is 17.8. The van der Waals surface area contributed by atoms with E-state index < -0.39 is 35.3 Å². The van der Waals surface area contributed by atoms with E-state index in [0.29, 0.717) is 24.8 Å². The van der Waals surface area contributed by atoms with Crippen molar-refractivity contribution in [1.29, 1.82) is 0 Å². The van der Waals surface area contributed by atoms with Crippen LogP contribution in [-0.4, -0.2) is 44.4 Å². The maximum atomic E-state index is 13.3. The fraction of sp³-hybridized carbons (Fsp3) is 0.261. The van der Waals surface area contributed by atoms with Crippen molar-refractivity contribution in [1.82, 2.24) is 4.90 Å². The predicted octanol–water partition coefficient (Wildman–Crippen LogP) is 3.60. The van der Waals surface area contributed by atoms with Gasteiger partial charge in [0.25, 0.3) is 11.7 Å². The molecule has 1 amide bonds. The number of hydrogen-bond donors (Lipinski definition) is 3. The molecule has 31 heavy (non-hydrogen) atoms. The number of hydrogen-bond acceptors (Lipinski definition) is 5. The first kappa shape index (κ1) is 22.0. The maximum Gasteiger partial charge on any atom is 0.303 e. The molecule has 0 aromatic heterocycles. The molecule has 1 aliphatic heterocycles. The standard InChI is InChI=1S/C23H22FNO6/c24-16-9-5-15(6-10-16)21(29)19-20(14-7-11-17(26)12-8-14)25(23(31)22(19)30)13-3-1-2-4-18(27)28/h5-12,20,26,29H,1-4,13H2,(H,27,28). The van der Waals surface area contributed by atoms with Crippen LogP contribution in [0.15, 0.2) is 54.1 Å². The van der Waals surface area contributed by atoms with Crippen molar-refractivity contribution in [3.8, 4) is 5.75 Å². The van der Waals surface area contributed by atoms with Gasteiger partial charge in [0.2, 0.25) is 0 Å². The lowest BCUT2D eigenvalue weighted by molar-refractivity contribution is -0.140. The van der Waals surface area contributed by atoms with Crippen LogP contribution in [0.2, 0.25) is 0 Å². The molecule has 8 heteroatoms. The monoisotopic (exact) mass is 427 g/mol. The van der Waals surface area contributed by atoms with Gasteiger partial charge in [-0.1, -0.05) is 18.6 Å². The van der Waals surface area contributed by atoms with Crippen molar-refractivity contribution in [2.45, 2.75) is 31.7 Å². The van der Waals surface area contributed by atoms with Crippen molar-refractivity contribution in [3.63, 3.8) is 0 Å². The summed E-state index contributed by atoms with van der Waals surface area (Å²) in [6.07, 6.45) is 1.49. The first-order valence-corrected chi connectivity index (χ1v) is 9.84. The molecule has 0 radical (unpaired) electrons. The molecule has 0 aliphatic carbocycles. The van der Waals surface area contributed by atoms with Crippen LogP contribution in [0.3, 0.4) is 0 Å². The van der Waals surface area contributed by atoms with E-state index in [0.717, 1.165) is 12.1 Å². The van der Waals surface area contributed by atoms with Gasteiger partial charge in [-0.25, -0.2) is 4.39 Å². The van der Waals surface area contributed by atoms with E-state index in [9.17, 15) is 29.0 Å². The summed E-state index contributed by atoms with van der Waals surface area (Å²) in [6.45, 7) is 0.190. The molecule has 1 heterocycles. The number of rotatable bonds is 8. The molecule has 1 atom stereocenters. The van der Waals surface area contributed by atoms with Crippen molar-refractivity contribution in [2.75, 3.05) is 6.54 Å². The van der Waals surface area contributed by atoms with Gasteiger partial charge in [-0.05, 0) is 54.8 Å². The van der Waals surface area contributed by atoms with Crippen molar-refractivity contribution >= 4 is 23.4 Å². The maximum absolute atomic E-state index is 13.3. The van der Waals surface area contributed by atoms with E-state index in [2.05, 4.69) is 0 Å². The number of carboxylic acid groups (broad SMARTS) is 1. The molecule has 2 aromatic rings. The summed E-state index contributed by atoms with van der Waals surface area (Å²) in [5, 5.41) is 29.2. The molecule has 3 N–H and O–H groups in total. The van der Waals surface area contributed by atoms with Crippen LogP contribution in [0, 0.1) is 5.82 Å². The first-order valence-electron chi connectivity index (χ1n) is 9.84. The Morgan fingerprint density at radius 2 is 1.58 bits per heavy atom. The zero-order valence-corrected chi connectivity index (χ0v) is 16.6. The van der Waals surface area contributed by atoms with E-state index in [-0.39, 0.29) is 29.9 Å². The number of aliphatic hydroxyl groups excluding tert-OH is 1. The number of carbonyl (C=O) groups is 3. The summed E-state index contributed by atoms with van der Waals surface area (Å²) in [4.78, 5) is 37.6. The highest BCUT2D eigenvalue weighted by molar-refractivity contribution is 6.46. The molecular formula is C23H22FNO6. The first-order chi connectivity index (χ1) is 14.8. The Morgan fingerprint density at radius 1 is 0.935 bits per heavy atom. The smallest absolute Gasteiger partial charge is 0.303 e. The topological polar surface area (TPSA) is 115 Å². The molecule has 1 unspecified atom stereocenters. The molecule has 162 valence electrons. The largest absolute Gasteiger partial charge is 0.508 e. The number of Topliss-reactive ketones (excluding diaryl/α,β-unsaturated/α-hetero) is 1. The second kappa shape index (κ2) is 9.42. The number of aromatic hydroxyl groups is 1. The number of carboxylic acids is 1. The number of phenolic OH excluding ortho intramolecular Hbond substituents is 1. The fourth-order valence-electron chi connectivity index (χ4n) is 3.61. The minimum Gasteiger partial charge on any atom is -0.508 e. The highest BCUT2D eigenvalue weighted by Crippen LogP contribution is 2.39. The molecule has 2 aromatic carbocycles. The molecule has 0 spiro atoms. The highest BCUT2D eigenvalue weighted by Gasteiger charge is 2.45. The number of aliphatic hydroxyl groups is 1. The molecule has 1 fully saturated rings. The van der Waals surface area contributed by atoms with Crippen LogP contribution in [-0.2, 0) is 14.4 Å². The SMILES string of the molecule is O=C(O)CCCCCN1C(=O)C(=O)C(=C(O)c2ccc(F)cc2)C1c1ccc(O)cc1. The Hall–Kier alpha value is -3.68. The third-order valence-electron chi connectivity index (χ3n) is 5.16. The van der Waals surface area contributed by atoms with Crippen molar-refractivity contribution in [2.24, 2.45) is 0 Å². The average Bonchev–Trinajstić information content (AvgIpc) is 2.99. The molecular weight excluding hydrogens is 405 g/mol. The number of aliphatic carboxylic acids is 1. The number of benzene rings is 2. The summed E-state index contributed by atoms with van der Waals surface area (Å²) in [5.74, 6) is -3.44. The molecule has 0 bridgehead atoms. The number of halogens is 1. The lowest BCUT2D eigenvalue weighted by Gasteiger charge is -2.25. The Balaban J connectivity index is 1.96. The quantitative estimate of drug-likeness (QED) is 0.257. The molecule has 0 saturated carbocycles. The lowest BCUT2D eigenvalue weighted by Crippen LogP contribution is -2.30. The second-order valence-electron chi connectivity index (χ2n) is 7.30. The van der Waals surface area contributed by atoms with Gasteiger partial charge in [-0.2, -0.15) is 0 Å². The van der Waals surface area contributed by atoms with Gasteiger partial charge in [-0.15, -0.1) is 0 Å². The number of nitrogens with zero attached hydrogens (tertiary/aromatic N) is 1. The Kier molecular flexibility index (Phi) is 6.69. The van der Waals surface area contributed by atoms with Gasteiger partial charge in [0.15, 0.2) is 0 Å². The summed E-state index contributed by atoms with van der Waals surface area (Å²) in [6, 6.07) is 9.98. The third kappa shape index (κ3) is 4.91. The van der Waals surface area contributed by atoms with Crippen molar-refractivity contribution < 1.29 is 34.1 Å². The Labute approximate surface area is 178 Å². The van der Waals surface area contributed by atoms with Crippen LogP contribution < -0.4 is 0 Å². The Morgan fingerprint density at radius 3 is 2.19 bits per heavy atom. The van der Waals surface area contributed by atoms with E-state index in [1.54, 1.807) is 12.1 Å². The number of ketones is 1. The summed E-state index contributed by atoms with van der Waals surface area (Å²) in [7, 11) is 0. The summed E-state index contributed by atoms with van der Waals surface area (Å²) in [5.41, 5.74) is 0.601. The molecule has 1 saturated heterocycles. The summed E-state index contributed by atoms with van der Waals surface area (Å²) < 4.78 is 13.3. The minimum atomic E-state index is -0.899. The van der Waals surface area contributed by atoms with Gasteiger partial charge < -0.3 is 20.2 Å². The zero-order valence-electron chi connectivity index (χ0n) is 16.6. The number of carbonyl (C=O) groups excluding carboxylic acids is 2. The summed E-state index contributed by atoms with van der Waals surface area (Å²) >= 11 is 0. The average molecular weight is 427 g/mol. The van der Waals surface area contributed by atoms with E-state index in [4.69, 9.17) is 5.11 Å². The number of unbranched alkanes of at least 4 members (excludes halogenated alkanes) is 2. The molecule has 3 rings (SSSR count). The highest BCUT2D eigenvalue weighted by atomic mass is 19.1. The van der Waals surface area contributed by atoms with Crippen LogP contribution in [0.5, 0.6) is 5.75 Å².